The van der Waals surface area contributed by atoms with Gasteiger partial charge in [-0.2, -0.15) is 0 Å². The lowest BCUT2D eigenvalue weighted by molar-refractivity contribution is -0.123. The number of carbonyl (C=O) groups excluding carboxylic acids is 2. The predicted octanol–water partition coefficient (Wildman–Crippen LogP) is 6.96. The Morgan fingerprint density at radius 2 is 1.78 bits per heavy atom. The smallest absolute Gasteiger partial charge is 0.230 e. The number of aryl methyl sites for hydroxylation is 1. The van der Waals surface area contributed by atoms with Crippen molar-refractivity contribution in [1.29, 1.82) is 0 Å². The van der Waals surface area contributed by atoms with E-state index in [4.69, 9.17) is 0 Å². The second-order valence-corrected chi connectivity index (χ2v) is 9.89. The van der Waals surface area contributed by atoms with Crippen molar-refractivity contribution in [2.75, 3.05) is 4.90 Å². The van der Waals surface area contributed by atoms with Crippen LogP contribution in [0.4, 0.5) is 5.69 Å². The van der Waals surface area contributed by atoms with Gasteiger partial charge in [0.25, 0.3) is 0 Å². The lowest BCUT2D eigenvalue weighted by Gasteiger charge is -2.30. The third-order valence-corrected chi connectivity index (χ3v) is 7.10. The summed E-state index contributed by atoms with van der Waals surface area (Å²) in [5.41, 5.74) is 6.37. The molecule has 1 aliphatic carbocycles. The molecule has 0 spiro atoms. The summed E-state index contributed by atoms with van der Waals surface area (Å²) in [6, 6.07) is 21.7. The van der Waals surface area contributed by atoms with Gasteiger partial charge >= 0.3 is 0 Å². The summed E-state index contributed by atoms with van der Waals surface area (Å²) < 4.78 is 11.2. The molecule has 1 saturated carbocycles. The van der Waals surface area contributed by atoms with Gasteiger partial charge in [-0.1, -0.05) is 67.8 Å². The first-order valence-electron chi connectivity index (χ1n) is 13.5. The maximum atomic E-state index is 13.8. The minimum absolute atomic E-state index is 0.00192. The van der Waals surface area contributed by atoms with Crippen LogP contribution < -0.4 is 4.90 Å². The van der Waals surface area contributed by atoms with Gasteiger partial charge in [0.05, 0.1) is 25.3 Å². The SMILES string of the molecule is [2H]C(c1ccc(-c2ccc3c(c2)ncn3C)cc1)N(C(=O)C1CCCCC1)c1cccc(/C=C/C(C)=O)c1. The maximum absolute atomic E-state index is 13.8. The number of rotatable bonds is 7. The largest absolute Gasteiger partial charge is 0.334 e. The zero-order valence-corrected chi connectivity index (χ0v) is 21.4. The number of aromatic nitrogens is 2. The van der Waals surface area contributed by atoms with Crippen molar-refractivity contribution < 1.29 is 11.0 Å². The molecule has 1 atom stereocenters. The first-order valence-corrected chi connectivity index (χ1v) is 13.0. The highest BCUT2D eigenvalue weighted by Gasteiger charge is 2.27. The Morgan fingerprint density at radius 1 is 1.03 bits per heavy atom. The number of anilines is 1. The minimum Gasteiger partial charge on any atom is -0.334 e. The van der Waals surface area contributed by atoms with Gasteiger partial charge in [-0.25, -0.2) is 4.98 Å². The molecule has 0 bridgehead atoms. The molecule has 3 aromatic carbocycles. The second kappa shape index (κ2) is 11.0. The zero-order valence-electron chi connectivity index (χ0n) is 22.4. The van der Waals surface area contributed by atoms with Gasteiger partial charge in [0.1, 0.15) is 0 Å². The first-order chi connectivity index (χ1) is 18.4. The van der Waals surface area contributed by atoms with Crippen LogP contribution in [0.25, 0.3) is 28.2 Å². The molecule has 0 saturated heterocycles. The van der Waals surface area contributed by atoms with Crippen molar-refractivity contribution in [3.63, 3.8) is 0 Å². The quantitative estimate of drug-likeness (QED) is 0.262. The van der Waals surface area contributed by atoms with Crippen LogP contribution in [-0.2, 0) is 23.2 Å². The number of hydrogen-bond acceptors (Lipinski definition) is 3. The van der Waals surface area contributed by atoms with Gasteiger partial charge in [0.2, 0.25) is 5.91 Å². The van der Waals surface area contributed by atoms with Crippen molar-refractivity contribution in [3.8, 4) is 11.1 Å². The van der Waals surface area contributed by atoms with Crippen LogP contribution in [0, 0.1) is 5.92 Å². The van der Waals surface area contributed by atoms with Gasteiger partial charge in [-0.3, -0.25) is 9.59 Å². The van der Waals surface area contributed by atoms with Gasteiger partial charge in [-0.15, -0.1) is 0 Å². The number of benzene rings is 3. The Hall–Kier alpha value is -3.99. The van der Waals surface area contributed by atoms with Crippen LogP contribution in [-0.4, -0.2) is 21.2 Å². The van der Waals surface area contributed by atoms with E-state index in [-0.39, 0.29) is 17.6 Å². The monoisotopic (exact) mass is 492 g/mol. The highest BCUT2D eigenvalue weighted by atomic mass is 16.2. The number of allylic oxidation sites excluding steroid dienone is 1. The van der Waals surface area contributed by atoms with E-state index in [1.54, 1.807) is 11.0 Å². The Kier molecular flexibility index (Phi) is 6.93. The predicted molar refractivity (Wildman–Crippen MR) is 150 cm³/mol. The van der Waals surface area contributed by atoms with Crippen LogP contribution in [0.15, 0.2) is 79.1 Å². The fourth-order valence-electron chi connectivity index (χ4n) is 5.03. The molecule has 37 heavy (non-hydrogen) atoms. The van der Waals surface area contributed by atoms with E-state index in [0.29, 0.717) is 5.69 Å². The highest BCUT2D eigenvalue weighted by molar-refractivity contribution is 5.96. The van der Waals surface area contributed by atoms with Gasteiger partial charge in [0, 0.05) is 18.7 Å². The lowest BCUT2D eigenvalue weighted by atomic mass is 9.88. The maximum Gasteiger partial charge on any atom is 0.230 e. The van der Waals surface area contributed by atoms with E-state index in [9.17, 15) is 11.0 Å². The Bertz CT molecular complexity index is 1480. The number of ketones is 1. The summed E-state index contributed by atoms with van der Waals surface area (Å²) in [6.45, 7) is 0.626. The molecular formula is C32H33N3O2. The van der Waals surface area contributed by atoms with E-state index >= 15 is 0 Å². The van der Waals surface area contributed by atoms with Gasteiger partial charge < -0.3 is 9.47 Å². The summed E-state index contributed by atoms with van der Waals surface area (Å²) in [7, 11) is 1.98. The van der Waals surface area contributed by atoms with E-state index in [0.717, 1.165) is 65.4 Å². The molecule has 1 unspecified atom stereocenters. The van der Waals surface area contributed by atoms with E-state index in [2.05, 4.69) is 23.2 Å². The molecule has 1 aliphatic rings. The molecular weight excluding hydrogens is 458 g/mol. The standard InChI is InChI=1S/C32H33N3O2/c1-23(36)11-12-24-7-6-10-29(19-24)35(32(37)27-8-4-3-5-9-27)21-25-13-15-26(16-14-25)28-17-18-31-30(20-28)33-22-34(31)2/h6-7,10-20,22,27H,3-5,8-9,21H2,1-2H3/b12-11+/i21D. The zero-order chi connectivity index (χ0) is 26.6. The summed E-state index contributed by atoms with van der Waals surface area (Å²) >= 11 is 0. The normalized spacial score (nSPS) is 15.6. The van der Waals surface area contributed by atoms with Crippen LogP contribution >= 0.6 is 0 Å². The molecule has 188 valence electrons. The summed E-state index contributed by atoms with van der Waals surface area (Å²) in [5, 5.41) is 0. The van der Waals surface area contributed by atoms with Crippen molar-refractivity contribution in [2.24, 2.45) is 13.0 Å². The van der Waals surface area contributed by atoms with Crippen molar-refractivity contribution >= 4 is 34.5 Å². The van der Waals surface area contributed by atoms with E-state index in [1.807, 2.05) is 66.5 Å². The number of imidazole rings is 1. The molecule has 0 N–H and O–H groups in total. The Labute approximate surface area is 219 Å². The van der Waals surface area contributed by atoms with Crippen molar-refractivity contribution in [1.82, 2.24) is 9.55 Å². The Morgan fingerprint density at radius 3 is 2.54 bits per heavy atom. The summed E-state index contributed by atoms with van der Waals surface area (Å²) in [5.74, 6) is -0.106. The molecule has 4 aromatic rings. The minimum atomic E-state index is -0.885. The van der Waals surface area contributed by atoms with Crippen molar-refractivity contribution in [2.45, 2.75) is 45.5 Å². The topological polar surface area (TPSA) is 55.2 Å². The van der Waals surface area contributed by atoms with Crippen LogP contribution in [0.1, 0.15) is 51.5 Å². The number of hydrogen-bond donors (Lipinski definition) is 0. The molecule has 5 heteroatoms. The van der Waals surface area contributed by atoms with Crippen LogP contribution in [0.5, 0.6) is 0 Å². The second-order valence-electron chi connectivity index (χ2n) is 9.89. The molecule has 1 amide bonds. The molecule has 1 fully saturated rings. The molecule has 1 heterocycles. The molecule has 0 aliphatic heterocycles. The number of amides is 1. The van der Waals surface area contributed by atoms with Gasteiger partial charge in [0.15, 0.2) is 5.78 Å². The fraction of sp³-hybridized carbons (Fsp3) is 0.281. The van der Waals surface area contributed by atoms with E-state index < -0.39 is 6.52 Å². The summed E-state index contributed by atoms with van der Waals surface area (Å²) in [6.07, 6.45) is 10.1. The molecule has 5 rings (SSSR count). The third-order valence-electron chi connectivity index (χ3n) is 7.10. The van der Waals surface area contributed by atoms with E-state index in [1.165, 1.54) is 13.0 Å². The molecule has 5 nitrogen and oxygen atoms in total. The number of carbonyl (C=O) groups is 2. The van der Waals surface area contributed by atoms with Gasteiger partial charge in [-0.05, 0) is 72.4 Å². The summed E-state index contributed by atoms with van der Waals surface area (Å²) in [4.78, 5) is 31.4. The number of fused-ring (bicyclic) bond motifs is 1. The highest BCUT2D eigenvalue weighted by Crippen LogP contribution is 2.30. The Balaban J connectivity index is 1.46. The average Bonchev–Trinajstić information content (AvgIpc) is 3.32. The average molecular weight is 493 g/mol. The lowest BCUT2D eigenvalue weighted by Crippen LogP contribution is -2.36. The fourth-order valence-corrected chi connectivity index (χ4v) is 5.03. The first kappa shape index (κ1) is 23.4. The molecule has 1 aromatic heterocycles. The van der Waals surface area contributed by atoms with Crippen molar-refractivity contribution in [3.05, 3.63) is 90.3 Å². The third kappa shape index (κ3) is 5.72. The van der Waals surface area contributed by atoms with Crippen LogP contribution in [0.2, 0.25) is 0 Å². The molecule has 0 radical (unpaired) electrons. The number of nitrogens with zero attached hydrogens (tertiary/aromatic N) is 3. The van der Waals surface area contributed by atoms with Crippen LogP contribution in [0.3, 0.4) is 0 Å².